The maximum atomic E-state index is 5.06. The SMILES string of the molecule is c1ccc(-c2cc3c(-c4ccsc4)nccc3nc2-c2ccccc2)cc1. The summed E-state index contributed by atoms with van der Waals surface area (Å²) in [6.07, 6.45) is 1.85. The molecule has 5 rings (SSSR count). The number of pyridine rings is 2. The number of hydrogen-bond acceptors (Lipinski definition) is 3. The Kier molecular flexibility index (Phi) is 4.00. The first-order chi connectivity index (χ1) is 13.4. The summed E-state index contributed by atoms with van der Waals surface area (Å²) in [7, 11) is 0. The molecule has 0 radical (unpaired) electrons. The first-order valence-electron chi connectivity index (χ1n) is 8.83. The number of fused-ring (bicyclic) bond motifs is 1. The quantitative estimate of drug-likeness (QED) is 0.356. The van der Waals surface area contributed by atoms with Gasteiger partial charge in [-0.1, -0.05) is 60.7 Å². The maximum Gasteiger partial charge on any atom is 0.0804 e. The van der Waals surface area contributed by atoms with Crippen molar-refractivity contribution in [1.29, 1.82) is 0 Å². The van der Waals surface area contributed by atoms with Gasteiger partial charge in [0.1, 0.15) is 0 Å². The molecule has 0 atom stereocenters. The highest BCUT2D eigenvalue weighted by Crippen LogP contribution is 2.36. The van der Waals surface area contributed by atoms with Crippen molar-refractivity contribution >= 4 is 22.2 Å². The van der Waals surface area contributed by atoms with Gasteiger partial charge in [-0.3, -0.25) is 4.98 Å². The topological polar surface area (TPSA) is 25.8 Å². The van der Waals surface area contributed by atoms with Gasteiger partial charge >= 0.3 is 0 Å². The number of rotatable bonds is 3. The van der Waals surface area contributed by atoms with Gasteiger partial charge in [0.25, 0.3) is 0 Å². The van der Waals surface area contributed by atoms with E-state index in [0.29, 0.717) is 0 Å². The van der Waals surface area contributed by atoms with Crippen LogP contribution in [0.1, 0.15) is 0 Å². The molecule has 0 spiro atoms. The van der Waals surface area contributed by atoms with Crippen LogP contribution in [0.2, 0.25) is 0 Å². The lowest BCUT2D eigenvalue weighted by molar-refractivity contribution is 1.32. The van der Waals surface area contributed by atoms with Gasteiger partial charge in [-0.15, -0.1) is 0 Å². The molecule has 0 N–H and O–H groups in total. The van der Waals surface area contributed by atoms with Gasteiger partial charge in [-0.25, -0.2) is 4.98 Å². The molecule has 3 heterocycles. The Labute approximate surface area is 161 Å². The van der Waals surface area contributed by atoms with Gasteiger partial charge in [-0.05, 0) is 29.1 Å². The summed E-state index contributed by atoms with van der Waals surface area (Å²) in [5.74, 6) is 0. The summed E-state index contributed by atoms with van der Waals surface area (Å²) in [6, 6.07) is 27.2. The lowest BCUT2D eigenvalue weighted by Gasteiger charge is -2.13. The van der Waals surface area contributed by atoms with Gasteiger partial charge in [0.05, 0.1) is 16.9 Å². The van der Waals surface area contributed by atoms with Crippen molar-refractivity contribution in [3.8, 4) is 33.6 Å². The summed E-state index contributed by atoms with van der Waals surface area (Å²) in [5.41, 5.74) is 7.48. The normalized spacial score (nSPS) is 11.0. The van der Waals surface area contributed by atoms with Crippen molar-refractivity contribution in [1.82, 2.24) is 9.97 Å². The van der Waals surface area contributed by atoms with Crippen LogP contribution in [0.4, 0.5) is 0 Å². The molecule has 5 aromatic rings. The monoisotopic (exact) mass is 364 g/mol. The Morgan fingerprint density at radius 2 is 1.41 bits per heavy atom. The standard InChI is InChI=1S/C24H16N2S/c1-3-7-17(8-4-1)20-15-21-22(26-24(20)18-9-5-2-6-10-18)11-13-25-23(21)19-12-14-27-16-19/h1-16H. The van der Waals surface area contributed by atoms with E-state index in [1.54, 1.807) is 11.3 Å². The Morgan fingerprint density at radius 1 is 0.667 bits per heavy atom. The zero-order valence-corrected chi connectivity index (χ0v) is 15.4. The van der Waals surface area contributed by atoms with E-state index in [-0.39, 0.29) is 0 Å². The molecule has 27 heavy (non-hydrogen) atoms. The molecule has 0 amide bonds. The average molecular weight is 364 g/mol. The van der Waals surface area contributed by atoms with Crippen LogP contribution in [0.25, 0.3) is 44.5 Å². The van der Waals surface area contributed by atoms with Gasteiger partial charge < -0.3 is 0 Å². The molecule has 0 saturated carbocycles. The third-order valence-electron chi connectivity index (χ3n) is 4.67. The van der Waals surface area contributed by atoms with E-state index >= 15 is 0 Å². The molecule has 3 aromatic heterocycles. The second-order valence-electron chi connectivity index (χ2n) is 6.35. The van der Waals surface area contributed by atoms with E-state index in [4.69, 9.17) is 4.98 Å². The predicted molar refractivity (Wildman–Crippen MR) is 114 cm³/mol. The van der Waals surface area contributed by atoms with Crippen molar-refractivity contribution in [2.75, 3.05) is 0 Å². The minimum atomic E-state index is 0.963. The molecule has 128 valence electrons. The highest BCUT2D eigenvalue weighted by Gasteiger charge is 2.14. The third kappa shape index (κ3) is 2.92. The third-order valence-corrected chi connectivity index (χ3v) is 5.35. The second-order valence-corrected chi connectivity index (χ2v) is 7.13. The Balaban J connectivity index is 1.84. The molecule has 0 bridgehead atoms. The highest BCUT2D eigenvalue weighted by molar-refractivity contribution is 7.08. The van der Waals surface area contributed by atoms with Crippen molar-refractivity contribution in [2.45, 2.75) is 0 Å². The average Bonchev–Trinajstić information content (AvgIpc) is 3.28. The Hall–Kier alpha value is -3.30. The number of aromatic nitrogens is 2. The summed E-state index contributed by atoms with van der Waals surface area (Å²) in [6.45, 7) is 0. The summed E-state index contributed by atoms with van der Waals surface area (Å²) < 4.78 is 0. The van der Waals surface area contributed by atoms with Gasteiger partial charge in [0.2, 0.25) is 0 Å². The van der Waals surface area contributed by atoms with Crippen LogP contribution in [-0.2, 0) is 0 Å². The Morgan fingerprint density at radius 3 is 2.11 bits per heavy atom. The molecule has 0 aliphatic rings. The largest absolute Gasteiger partial charge is 0.255 e. The molecule has 3 heteroatoms. The zero-order valence-electron chi connectivity index (χ0n) is 14.5. The van der Waals surface area contributed by atoms with Crippen molar-refractivity contribution in [3.63, 3.8) is 0 Å². The fraction of sp³-hybridized carbons (Fsp3) is 0. The molecule has 0 unspecified atom stereocenters. The molecule has 0 saturated heterocycles. The van der Waals surface area contributed by atoms with Crippen LogP contribution in [0.15, 0.2) is 95.8 Å². The van der Waals surface area contributed by atoms with E-state index in [1.165, 1.54) is 0 Å². The molecule has 0 aliphatic heterocycles. The first kappa shape index (κ1) is 15.9. The smallest absolute Gasteiger partial charge is 0.0804 e. The van der Waals surface area contributed by atoms with Crippen LogP contribution in [0.3, 0.4) is 0 Å². The Bertz CT molecular complexity index is 1200. The van der Waals surface area contributed by atoms with Gasteiger partial charge in [-0.2, -0.15) is 11.3 Å². The summed E-state index contributed by atoms with van der Waals surface area (Å²) in [4.78, 5) is 9.71. The molecule has 2 aromatic carbocycles. The van der Waals surface area contributed by atoms with Crippen molar-refractivity contribution in [2.24, 2.45) is 0 Å². The lowest BCUT2D eigenvalue weighted by atomic mass is 9.96. The van der Waals surface area contributed by atoms with Crippen molar-refractivity contribution < 1.29 is 0 Å². The number of hydrogen-bond donors (Lipinski definition) is 0. The zero-order chi connectivity index (χ0) is 18.1. The van der Waals surface area contributed by atoms with E-state index in [9.17, 15) is 0 Å². The maximum absolute atomic E-state index is 5.06. The first-order valence-corrected chi connectivity index (χ1v) is 9.77. The van der Waals surface area contributed by atoms with Crippen LogP contribution in [0, 0.1) is 0 Å². The molecule has 0 fully saturated rings. The number of nitrogens with zero attached hydrogens (tertiary/aromatic N) is 2. The van der Waals surface area contributed by atoms with E-state index < -0.39 is 0 Å². The second kappa shape index (κ2) is 6.78. The molecule has 2 nitrogen and oxygen atoms in total. The number of benzene rings is 2. The van der Waals surface area contributed by atoms with E-state index in [0.717, 1.165) is 44.5 Å². The number of thiophene rings is 1. The highest BCUT2D eigenvalue weighted by atomic mass is 32.1. The molecular weight excluding hydrogens is 348 g/mol. The lowest BCUT2D eigenvalue weighted by Crippen LogP contribution is -1.94. The van der Waals surface area contributed by atoms with E-state index in [2.05, 4.69) is 76.4 Å². The molecular formula is C24H16N2S. The fourth-order valence-corrected chi connectivity index (χ4v) is 4.02. The van der Waals surface area contributed by atoms with Crippen LogP contribution in [-0.4, -0.2) is 9.97 Å². The summed E-state index contributed by atoms with van der Waals surface area (Å²) in [5, 5.41) is 5.30. The summed E-state index contributed by atoms with van der Waals surface area (Å²) >= 11 is 1.68. The van der Waals surface area contributed by atoms with Crippen LogP contribution >= 0.6 is 11.3 Å². The van der Waals surface area contributed by atoms with Crippen LogP contribution < -0.4 is 0 Å². The minimum Gasteiger partial charge on any atom is -0.255 e. The molecule has 0 aliphatic carbocycles. The van der Waals surface area contributed by atoms with E-state index in [1.807, 2.05) is 24.4 Å². The fourth-order valence-electron chi connectivity index (χ4n) is 3.38. The predicted octanol–water partition coefficient (Wildman–Crippen LogP) is 6.69. The minimum absolute atomic E-state index is 0.963. The van der Waals surface area contributed by atoms with Gasteiger partial charge in [0.15, 0.2) is 0 Å². The van der Waals surface area contributed by atoms with Gasteiger partial charge in [0, 0.05) is 33.7 Å². The van der Waals surface area contributed by atoms with Crippen molar-refractivity contribution in [3.05, 3.63) is 95.8 Å². The van der Waals surface area contributed by atoms with Crippen LogP contribution in [0.5, 0.6) is 0 Å².